The first-order chi connectivity index (χ1) is 6.49. The van der Waals surface area contributed by atoms with Crippen LogP contribution in [-0.4, -0.2) is 15.1 Å². The second-order valence-electron chi connectivity index (χ2n) is 3.75. The molecular weight excluding hydrogens is 283 g/mol. The third kappa shape index (κ3) is 4.28. The van der Waals surface area contributed by atoms with Gasteiger partial charge >= 0.3 is 0 Å². The molecule has 3 atom stereocenters. The van der Waals surface area contributed by atoms with E-state index in [1.165, 1.54) is 0 Å². The van der Waals surface area contributed by atoms with Crippen molar-refractivity contribution in [3.8, 4) is 0 Å². The highest BCUT2D eigenvalue weighted by Gasteiger charge is 2.38. The lowest BCUT2D eigenvalue weighted by molar-refractivity contribution is 0.480. The molecule has 0 bridgehead atoms. The highest BCUT2D eigenvalue weighted by atomic mass is 79.9. The SMILES string of the molecule is [CH2]C(Br)C(Cl)(CCC)C(Cl)CCCC. The molecule has 3 unspecified atom stereocenters. The molecule has 0 saturated heterocycles. The summed E-state index contributed by atoms with van der Waals surface area (Å²) < 4.78 is 0. The van der Waals surface area contributed by atoms with Gasteiger partial charge in [-0.05, 0) is 19.8 Å². The summed E-state index contributed by atoms with van der Waals surface area (Å²) in [5.41, 5.74) is 0. The van der Waals surface area contributed by atoms with Gasteiger partial charge in [0.05, 0.1) is 10.3 Å². The lowest BCUT2D eigenvalue weighted by Crippen LogP contribution is -2.40. The third-order valence-electron chi connectivity index (χ3n) is 2.49. The van der Waals surface area contributed by atoms with Crippen LogP contribution in [0.4, 0.5) is 0 Å². The Balaban J connectivity index is 4.31. The van der Waals surface area contributed by atoms with Gasteiger partial charge < -0.3 is 0 Å². The van der Waals surface area contributed by atoms with Crippen molar-refractivity contribution in [3.05, 3.63) is 6.92 Å². The summed E-state index contributed by atoms with van der Waals surface area (Å²) in [7, 11) is 0. The van der Waals surface area contributed by atoms with Crippen molar-refractivity contribution >= 4 is 39.1 Å². The predicted molar refractivity (Wildman–Crippen MR) is 70.7 cm³/mol. The maximum Gasteiger partial charge on any atom is 0.0734 e. The summed E-state index contributed by atoms with van der Waals surface area (Å²) in [5, 5.41) is 0.00550. The molecule has 0 nitrogen and oxygen atoms in total. The Kier molecular flexibility index (Phi) is 7.91. The van der Waals surface area contributed by atoms with Crippen molar-refractivity contribution in [1.82, 2.24) is 0 Å². The van der Waals surface area contributed by atoms with Crippen LogP contribution in [0.15, 0.2) is 0 Å². The zero-order valence-corrected chi connectivity index (χ0v) is 12.1. The highest BCUT2D eigenvalue weighted by molar-refractivity contribution is 9.09. The molecule has 0 aromatic heterocycles. The van der Waals surface area contributed by atoms with Crippen LogP contribution in [0.2, 0.25) is 0 Å². The standard InChI is InChI=1S/C11H20BrCl2/c1-4-6-7-10(13)11(14,8-5-2)9(3)12/h9-10H,3-8H2,1-2H3. The van der Waals surface area contributed by atoms with Crippen molar-refractivity contribution in [2.24, 2.45) is 0 Å². The largest absolute Gasteiger partial charge is 0.121 e. The molecule has 1 radical (unpaired) electrons. The second-order valence-corrected chi connectivity index (χ2v) is 6.09. The van der Waals surface area contributed by atoms with E-state index in [0.29, 0.717) is 0 Å². The van der Waals surface area contributed by atoms with Crippen LogP contribution >= 0.6 is 39.1 Å². The van der Waals surface area contributed by atoms with Crippen molar-refractivity contribution in [1.29, 1.82) is 0 Å². The van der Waals surface area contributed by atoms with Crippen LogP contribution in [0, 0.1) is 6.92 Å². The van der Waals surface area contributed by atoms with Crippen LogP contribution in [0.25, 0.3) is 0 Å². The minimum atomic E-state index is -0.397. The third-order valence-corrected chi connectivity index (χ3v) is 5.00. The van der Waals surface area contributed by atoms with E-state index in [9.17, 15) is 0 Å². The zero-order chi connectivity index (χ0) is 11.2. The van der Waals surface area contributed by atoms with E-state index in [-0.39, 0.29) is 10.2 Å². The number of hydrogen-bond acceptors (Lipinski definition) is 0. The van der Waals surface area contributed by atoms with E-state index in [0.717, 1.165) is 32.1 Å². The van der Waals surface area contributed by atoms with Gasteiger partial charge in [0.2, 0.25) is 0 Å². The molecule has 0 spiro atoms. The molecule has 14 heavy (non-hydrogen) atoms. The first-order valence-electron chi connectivity index (χ1n) is 5.29. The average Bonchev–Trinajstić information content (AvgIpc) is 2.14. The van der Waals surface area contributed by atoms with E-state index in [2.05, 4.69) is 36.7 Å². The molecule has 3 heteroatoms. The number of rotatable bonds is 7. The smallest absolute Gasteiger partial charge is 0.0734 e. The summed E-state index contributed by atoms with van der Waals surface area (Å²) in [6.07, 6.45) is 5.21. The average molecular weight is 303 g/mol. The highest BCUT2D eigenvalue weighted by Crippen LogP contribution is 2.39. The van der Waals surface area contributed by atoms with Gasteiger partial charge in [0.1, 0.15) is 0 Å². The lowest BCUT2D eigenvalue weighted by Gasteiger charge is -2.34. The molecule has 0 aromatic carbocycles. The van der Waals surface area contributed by atoms with Crippen molar-refractivity contribution < 1.29 is 0 Å². The molecule has 85 valence electrons. The molecule has 0 aliphatic heterocycles. The molecule has 0 rings (SSSR count). The van der Waals surface area contributed by atoms with Gasteiger partial charge in [0.25, 0.3) is 0 Å². The number of halogens is 3. The monoisotopic (exact) mass is 301 g/mol. The Bertz CT molecular complexity index is 150. The van der Waals surface area contributed by atoms with Gasteiger partial charge in [-0.2, -0.15) is 0 Å². The van der Waals surface area contributed by atoms with Crippen molar-refractivity contribution in [3.63, 3.8) is 0 Å². The molecule has 0 N–H and O–H groups in total. The molecule has 0 saturated carbocycles. The quantitative estimate of drug-likeness (QED) is 0.570. The first kappa shape index (κ1) is 15.1. The van der Waals surface area contributed by atoms with Gasteiger partial charge in [0, 0.05) is 4.83 Å². The fourth-order valence-corrected chi connectivity index (χ4v) is 2.93. The minimum Gasteiger partial charge on any atom is -0.121 e. The van der Waals surface area contributed by atoms with Gasteiger partial charge in [-0.3, -0.25) is 0 Å². The maximum atomic E-state index is 6.52. The maximum absolute atomic E-state index is 6.52. The first-order valence-corrected chi connectivity index (χ1v) is 7.02. The fourth-order valence-electron chi connectivity index (χ4n) is 1.52. The molecule has 0 aromatic rings. The predicted octanol–water partition coefficient (Wildman–Crippen LogP) is 5.16. The topological polar surface area (TPSA) is 0 Å². The summed E-state index contributed by atoms with van der Waals surface area (Å²) in [6.45, 7) is 8.24. The summed E-state index contributed by atoms with van der Waals surface area (Å²) >= 11 is 16.3. The summed E-state index contributed by atoms with van der Waals surface area (Å²) in [6, 6.07) is 0. The Labute approximate surface area is 107 Å². The van der Waals surface area contributed by atoms with Crippen molar-refractivity contribution in [2.45, 2.75) is 61.0 Å². The Morgan fingerprint density at radius 3 is 2.29 bits per heavy atom. The van der Waals surface area contributed by atoms with Gasteiger partial charge in [-0.25, -0.2) is 0 Å². The lowest BCUT2D eigenvalue weighted by atomic mass is 9.92. The van der Waals surface area contributed by atoms with Gasteiger partial charge in [0.15, 0.2) is 0 Å². The fraction of sp³-hybridized carbons (Fsp3) is 0.909. The summed E-state index contributed by atoms with van der Waals surface area (Å²) in [5.74, 6) is 0. The number of unbranched alkanes of at least 4 members (excludes halogenated alkanes) is 1. The van der Waals surface area contributed by atoms with E-state index < -0.39 is 4.87 Å². The zero-order valence-electron chi connectivity index (χ0n) is 9.03. The Morgan fingerprint density at radius 2 is 1.93 bits per heavy atom. The molecule has 0 aliphatic carbocycles. The minimum absolute atomic E-state index is 0.00550. The van der Waals surface area contributed by atoms with E-state index in [1.807, 2.05) is 0 Å². The van der Waals surface area contributed by atoms with Crippen LogP contribution in [-0.2, 0) is 0 Å². The molecule has 0 amide bonds. The van der Waals surface area contributed by atoms with Gasteiger partial charge in [-0.15, -0.1) is 23.2 Å². The van der Waals surface area contributed by atoms with Crippen LogP contribution < -0.4 is 0 Å². The molecular formula is C11H20BrCl2. The normalized spacial score (nSPS) is 20.1. The van der Waals surface area contributed by atoms with Gasteiger partial charge in [-0.1, -0.05) is 49.0 Å². The second kappa shape index (κ2) is 7.35. The van der Waals surface area contributed by atoms with Crippen LogP contribution in [0.1, 0.15) is 46.0 Å². The van der Waals surface area contributed by atoms with E-state index >= 15 is 0 Å². The Morgan fingerprint density at radius 1 is 1.36 bits per heavy atom. The summed E-state index contributed by atoms with van der Waals surface area (Å²) in [4.78, 5) is -0.387. The number of hydrogen-bond donors (Lipinski definition) is 0. The Hall–Kier alpha value is 1.06. The van der Waals surface area contributed by atoms with E-state index in [4.69, 9.17) is 23.2 Å². The molecule has 0 fully saturated rings. The molecule has 0 aliphatic rings. The van der Waals surface area contributed by atoms with Crippen LogP contribution in [0.3, 0.4) is 0 Å². The molecule has 0 heterocycles. The van der Waals surface area contributed by atoms with E-state index in [1.54, 1.807) is 0 Å². The number of alkyl halides is 3. The van der Waals surface area contributed by atoms with Crippen LogP contribution in [0.5, 0.6) is 0 Å². The van der Waals surface area contributed by atoms with Crippen molar-refractivity contribution in [2.75, 3.05) is 0 Å².